The summed E-state index contributed by atoms with van der Waals surface area (Å²) >= 11 is 0. The summed E-state index contributed by atoms with van der Waals surface area (Å²) in [5, 5.41) is 0. The van der Waals surface area contributed by atoms with E-state index in [0.29, 0.717) is 18.5 Å². The smallest absolute Gasteiger partial charge is 0.222 e. The van der Waals surface area contributed by atoms with E-state index >= 15 is 0 Å². The third kappa shape index (κ3) is 6.74. The van der Waals surface area contributed by atoms with Gasteiger partial charge in [-0.3, -0.25) is 4.79 Å². The van der Waals surface area contributed by atoms with E-state index in [1.807, 2.05) is 0 Å². The molecule has 2 N–H and O–H groups in total. The van der Waals surface area contributed by atoms with Crippen LogP contribution in [0.3, 0.4) is 0 Å². The van der Waals surface area contributed by atoms with E-state index in [2.05, 4.69) is 11.8 Å². The van der Waals surface area contributed by atoms with Gasteiger partial charge in [-0.15, -0.1) is 0 Å². The molecule has 1 rings (SSSR count). The van der Waals surface area contributed by atoms with Gasteiger partial charge in [0.15, 0.2) is 0 Å². The number of hydrogen-bond donors (Lipinski definition) is 1. The van der Waals surface area contributed by atoms with Crippen molar-refractivity contribution in [3.63, 3.8) is 0 Å². The van der Waals surface area contributed by atoms with E-state index in [1.165, 1.54) is 64.2 Å². The topological polar surface area (TPSA) is 46.3 Å². The van der Waals surface area contributed by atoms with Crippen LogP contribution < -0.4 is 5.73 Å². The lowest BCUT2D eigenvalue weighted by molar-refractivity contribution is -0.134. The van der Waals surface area contributed by atoms with E-state index in [9.17, 15) is 4.79 Å². The van der Waals surface area contributed by atoms with Crippen molar-refractivity contribution in [1.29, 1.82) is 0 Å². The van der Waals surface area contributed by atoms with Crippen LogP contribution in [0.1, 0.15) is 84.0 Å². The summed E-state index contributed by atoms with van der Waals surface area (Å²) in [6, 6.07) is 0.472. The largest absolute Gasteiger partial charge is 0.338 e. The highest BCUT2D eigenvalue weighted by molar-refractivity contribution is 5.76. The van der Waals surface area contributed by atoms with Gasteiger partial charge < -0.3 is 10.6 Å². The summed E-state index contributed by atoms with van der Waals surface area (Å²) in [5.41, 5.74) is 5.69. The molecule has 0 aromatic heterocycles. The van der Waals surface area contributed by atoms with E-state index in [-0.39, 0.29) is 0 Å². The molecule has 0 aliphatic heterocycles. The number of unbranched alkanes of at least 4 members (excludes halogenated alkanes) is 5. The Hall–Kier alpha value is -0.570. The zero-order valence-electron chi connectivity index (χ0n) is 13.4. The number of carbonyl (C=O) groups is 1. The molecule has 1 aliphatic rings. The molecule has 0 unspecified atom stereocenters. The molecule has 1 saturated carbocycles. The highest BCUT2D eigenvalue weighted by Gasteiger charge is 2.24. The molecule has 118 valence electrons. The minimum Gasteiger partial charge on any atom is -0.338 e. The van der Waals surface area contributed by atoms with Crippen molar-refractivity contribution in [2.75, 3.05) is 13.1 Å². The molecule has 0 aromatic carbocycles. The Morgan fingerprint density at radius 3 is 2.35 bits per heavy atom. The van der Waals surface area contributed by atoms with Gasteiger partial charge in [-0.05, 0) is 19.3 Å². The molecule has 1 amide bonds. The number of rotatable bonds is 10. The van der Waals surface area contributed by atoms with E-state index in [0.717, 1.165) is 19.4 Å². The molecular weight excluding hydrogens is 248 g/mol. The van der Waals surface area contributed by atoms with Crippen molar-refractivity contribution >= 4 is 5.91 Å². The van der Waals surface area contributed by atoms with Crippen LogP contribution in [0.2, 0.25) is 0 Å². The van der Waals surface area contributed by atoms with Crippen molar-refractivity contribution in [1.82, 2.24) is 4.90 Å². The van der Waals surface area contributed by atoms with Gasteiger partial charge in [0.2, 0.25) is 5.91 Å². The third-order valence-electron chi connectivity index (χ3n) is 4.45. The second-order valence-electron chi connectivity index (χ2n) is 6.19. The summed E-state index contributed by atoms with van der Waals surface area (Å²) in [5.74, 6) is 0.345. The van der Waals surface area contributed by atoms with Crippen LogP contribution in [0.4, 0.5) is 0 Å². The maximum atomic E-state index is 12.4. The maximum Gasteiger partial charge on any atom is 0.222 e. The van der Waals surface area contributed by atoms with Crippen LogP contribution in [-0.2, 0) is 4.79 Å². The molecule has 0 spiro atoms. The number of nitrogens with two attached hydrogens (primary N) is 1. The maximum absolute atomic E-state index is 12.4. The number of amides is 1. The predicted molar refractivity (Wildman–Crippen MR) is 85.6 cm³/mol. The SMILES string of the molecule is CCCCCCCCC(=O)N(CCN)C1CCCCC1. The fraction of sp³-hybridized carbons (Fsp3) is 0.941. The normalized spacial score (nSPS) is 16.3. The van der Waals surface area contributed by atoms with E-state index in [1.54, 1.807) is 0 Å². The zero-order chi connectivity index (χ0) is 14.6. The van der Waals surface area contributed by atoms with Gasteiger partial charge in [0.05, 0.1) is 0 Å². The quantitative estimate of drug-likeness (QED) is 0.618. The van der Waals surface area contributed by atoms with Crippen LogP contribution in [-0.4, -0.2) is 29.9 Å². The number of carbonyl (C=O) groups excluding carboxylic acids is 1. The Morgan fingerprint density at radius 2 is 1.70 bits per heavy atom. The first-order valence-corrected chi connectivity index (χ1v) is 8.79. The van der Waals surface area contributed by atoms with Crippen LogP contribution >= 0.6 is 0 Å². The predicted octanol–water partition coefficient (Wildman–Crippen LogP) is 3.86. The number of nitrogens with zero attached hydrogens (tertiary/aromatic N) is 1. The molecular formula is C17H34N2O. The van der Waals surface area contributed by atoms with Crippen molar-refractivity contribution in [2.24, 2.45) is 5.73 Å². The Kier molecular flexibility index (Phi) is 9.73. The monoisotopic (exact) mass is 282 g/mol. The van der Waals surface area contributed by atoms with E-state index in [4.69, 9.17) is 5.73 Å². The standard InChI is InChI=1S/C17H34N2O/c1-2-3-4-5-6-10-13-17(20)19(15-14-18)16-11-8-7-9-12-16/h16H,2-15,18H2,1H3. The minimum atomic E-state index is 0.345. The Labute approximate surface area is 125 Å². The summed E-state index contributed by atoms with van der Waals surface area (Å²) < 4.78 is 0. The van der Waals surface area contributed by atoms with Crippen molar-refractivity contribution in [3.05, 3.63) is 0 Å². The molecule has 1 fully saturated rings. The first-order chi connectivity index (χ1) is 9.79. The Morgan fingerprint density at radius 1 is 1.05 bits per heavy atom. The lowest BCUT2D eigenvalue weighted by Gasteiger charge is -2.34. The second kappa shape index (κ2) is 11.1. The van der Waals surface area contributed by atoms with Crippen molar-refractivity contribution in [2.45, 2.75) is 90.0 Å². The average molecular weight is 282 g/mol. The lowest BCUT2D eigenvalue weighted by Crippen LogP contribution is -2.44. The van der Waals surface area contributed by atoms with Crippen LogP contribution in [0.15, 0.2) is 0 Å². The zero-order valence-corrected chi connectivity index (χ0v) is 13.4. The first kappa shape index (κ1) is 17.5. The molecule has 0 heterocycles. The molecule has 0 atom stereocenters. The second-order valence-corrected chi connectivity index (χ2v) is 6.19. The Balaban J connectivity index is 2.24. The van der Waals surface area contributed by atoms with Gasteiger partial charge in [-0.1, -0.05) is 58.3 Å². The van der Waals surface area contributed by atoms with Gasteiger partial charge in [-0.25, -0.2) is 0 Å². The van der Waals surface area contributed by atoms with Gasteiger partial charge >= 0.3 is 0 Å². The minimum absolute atomic E-state index is 0.345. The highest BCUT2D eigenvalue weighted by atomic mass is 16.2. The first-order valence-electron chi connectivity index (χ1n) is 8.79. The molecule has 0 saturated heterocycles. The van der Waals surface area contributed by atoms with Crippen LogP contribution in [0.25, 0.3) is 0 Å². The number of hydrogen-bond acceptors (Lipinski definition) is 2. The molecule has 20 heavy (non-hydrogen) atoms. The fourth-order valence-corrected chi connectivity index (χ4v) is 3.24. The molecule has 1 aliphatic carbocycles. The van der Waals surface area contributed by atoms with Crippen molar-refractivity contribution < 1.29 is 4.79 Å². The van der Waals surface area contributed by atoms with Gasteiger partial charge in [-0.2, -0.15) is 0 Å². The van der Waals surface area contributed by atoms with Gasteiger partial charge in [0.1, 0.15) is 0 Å². The molecule has 0 radical (unpaired) electrons. The van der Waals surface area contributed by atoms with Crippen molar-refractivity contribution in [3.8, 4) is 0 Å². The third-order valence-corrected chi connectivity index (χ3v) is 4.45. The summed E-state index contributed by atoms with van der Waals surface area (Å²) in [4.78, 5) is 14.5. The molecule has 0 aromatic rings. The molecule has 0 bridgehead atoms. The van der Waals surface area contributed by atoms with Gasteiger partial charge in [0, 0.05) is 25.6 Å². The Bertz CT molecular complexity index is 249. The summed E-state index contributed by atoms with van der Waals surface area (Å²) in [7, 11) is 0. The lowest BCUT2D eigenvalue weighted by atomic mass is 9.93. The summed E-state index contributed by atoms with van der Waals surface area (Å²) in [6.45, 7) is 3.58. The summed E-state index contributed by atoms with van der Waals surface area (Å²) in [6.07, 6.45) is 14.4. The van der Waals surface area contributed by atoms with Gasteiger partial charge in [0.25, 0.3) is 0 Å². The van der Waals surface area contributed by atoms with Crippen LogP contribution in [0.5, 0.6) is 0 Å². The fourth-order valence-electron chi connectivity index (χ4n) is 3.24. The molecule has 3 nitrogen and oxygen atoms in total. The van der Waals surface area contributed by atoms with E-state index < -0.39 is 0 Å². The highest BCUT2D eigenvalue weighted by Crippen LogP contribution is 2.23. The molecule has 3 heteroatoms. The average Bonchev–Trinajstić information content (AvgIpc) is 2.49. The van der Waals surface area contributed by atoms with Crippen LogP contribution in [0, 0.1) is 0 Å².